The van der Waals surface area contributed by atoms with Crippen molar-refractivity contribution >= 4 is 23.3 Å². The Morgan fingerprint density at radius 2 is 1.67 bits per heavy atom. The standard InChI is InChI=1S/C17H13N3O/c18-13-16(20-19-15-9-5-2-6-10-15)17(21)12-11-14-7-3-1-4-8-14/h1-12,19H. The highest BCUT2D eigenvalue weighted by Gasteiger charge is 2.06. The third kappa shape index (κ3) is 4.44. The first-order valence-corrected chi connectivity index (χ1v) is 6.36. The van der Waals surface area contributed by atoms with Gasteiger partial charge in [0, 0.05) is 0 Å². The topological polar surface area (TPSA) is 65.2 Å². The highest BCUT2D eigenvalue weighted by atomic mass is 16.1. The van der Waals surface area contributed by atoms with Gasteiger partial charge in [-0.15, -0.1) is 0 Å². The fraction of sp³-hybridized carbons (Fsp3) is 0. The molecule has 2 aromatic carbocycles. The fourth-order valence-electron chi connectivity index (χ4n) is 1.58. The van der Waals surface area contributed by atoms with Gasteiger partial charge in [-0.25, -0.2) is 0 Å². The van der Waals surface area contributed by atoms with E-state index in [4.69, 9.17) is 5.26 Å². The first kappa shape index (κ1) is 14.2. The molecule has 0 heterocycles. The number of hydrazone groups is 1. The van der Waals surface area contributed by atoms with Gasteiger partial charge in [-0.1, -0.05) is 54.6 Å². The third-order valence-electron chi connectivity index (χ3n) is 2.64. The second kappa shape index (κ2) is 7.41. The van der Waals surface area contributed by atoms with Crippen LogP contribution in [-0.4, -0.2) is 11.5 Å². The van der Waals surface area contributed by atoms with Gasteiger partial charge in [0.1, 0.15) is 6.07 Å². The van der Waals surface area contributed by atoms with E-state index in [1.165, 1.54) is 6.08 Å². The summed E-state index contributed by atoms with van der Waals surface area (Å²) in [6.45, 7) is 0. The average Bonchev–Trinajstić information content (AvgIpc) is 2.55. The van der Waals surface area contributed by atoms with Crippen LogP contribution in [0.5, 0.6) is 0 Å². The van der Waals surface area contributed by atoms with Crippen LogP contribution >= 0.6 is 0 Å². The summed E-state index contributed by atoms with van der Waals surface area (Å²) in [7, 11) is 0. The van der Waals surface area contributed by atoms with Crippen molar-refractivity contribution in [2.75, 3.05) is 5.43 Å². The average molecular weight is 275 g/mol. The number of nitrogens with one attached hydrogen (secondary N) is 1. The Labute approximate surface area is 123 Å². The zero-order valence-corrected chi connectivity index (χ0v) is 11.2. The van der Waals surface area contributed by atoms with Crippen LogP contribution in [-0.2, 0) is 4.79 Å². The minimum Gasteiger partial charge on any atom is -0.287 e. The summed E-state index contributed by atoms with van der Waals surface area (Å²) < 4.78 is 0. The Morgan fingerprint density at radius 3 is 2.29 bits per heavy atom. The van der Waals surface area contributed by atoms with Gasteiger partial charge in [-0.2, -0.15) is 10.4 Å². The molecule has 0 bridgehead atoms. The van der Waals surface area contributed by atoms with E-state index in [-0.39, 0.29) is 5.71 Å². The molecule has 0 saturated carbocycles. The van der Waals surface area contributed by atoms with Crippen molar-refractivity contribution in [1.29, 1.82) is 5.26 Å². The van der Waals surface area contributed by atoms with Gasteiger partial charge in [-0.3, -0.25) is 10.2 Å². The maximum atomic E-state index is 11.9. The first-order chi connectivity index (χ1) is 10.3. The second-order valence-electron chi connectivity index (χ2n) is 4.16. The van der Waals surface area contributed by atoms with Gasteiger partial charge in [0.2, 0.25) is 11.5 Å². The molecule has 0 fully saturated rings. The molecule has 2 aromatic rings. The van der Waals surface area contributed by atoms with Gasteiger partial charge in [0.15, 0.2) is 0 Å². The molecule has 0 saturated heterocycles. The largest absolute Gasteiger partial charge is 0.287 e. The lowest BCUT2D eigenvalue weighted by atomic mass is 10.1. The Balaban J connectivity index is 2.05. The molecule has 0 atom stereocenters. The van der Waals surface area contributed by atoms with Crippen molar-refractivity contribution in [2.45, 2.75) is 0 Å². The Morgan fingerprint density at radius 1 is 1.05 bits per heavy atom. The summed E-state index contributed by atoms with van der Waals surface area (Å²) in [4.78, 5) is 11.9. The van der Waals surface area contributed by atoms with Gasteiger partial charge in [0.25, 0.3) is 0 Å². The second-order valence-corrected chi connectivity index (χ2v) is 4.16. The molecule has 2 rings (SSSR count). The van der Waals surface area contributed by atoms with Crippen LogP contribution in [0.3, 0.4) is 0 Å². The van der Waals surface area contributed by atoms with Crippen molar-refractivity contribution < 1.29 is 4.79 Å². The summed E-state index contributed by atoms with van der Waals surface area (Å²) in [6, 6.07) is 20.3. The molecule has 0 aliphatic rings. The number of allylic oxidation sites excluding steroid dienone is 1. The number of nitrogens with zero attached hydrogens (tertiary/aromatic N) is 2. The molecule has 1 N–H and O–H groups in total. The van der Waals surface area contributed by atoms with Crippen molar-refractivity contribution in [1.82, 2.24) is 0 Å². The molecule has 4 heteroatoms. The van der Waals surface area contributed by atoms with Crippen molar-refractivity contribution in [3.05, 3.63) is 72.3 Å². The lowest BCUT2D eigenvalue weighted by Crippen LogP contribution is -2.10. The van der Waals surface area contributed by atoms with E-state index in [0.29, 0.717) is 5.69 Å². The van der Waals surface area contributed by atoms with E-state index in [0.717, 1.165) is 5.56 Å². The molecule has 0 amide bonds. The predicted molar refractivity (Wildman–Crippen MR) is 83.6 cm³/mol. The molecule has 0 unspecified atom stereocenters. The van der Waals surface area contributed by atoms with Crippen LogP contribution < -0.4 is 5.43 Å². The quantitative estimate of drug-likeness (QED) is 0.517. The van der Waals surface area contributed by atoms with E-state index < -0.39 is 5.78 Å². The third-order valence-corrected chi connectivity index (χ3v) is 2.64. The molecule has 0 aromatic heterocycles. The maximum Gasteiger partial charge on any atom is 0.216 e. The van der Waals surface area contributed by atoms with E-state index in [1.54, 1.807) is 24.3 Å². The van der Waals surface area contributed by atoms with Crippen LogP contribution in [0.1, 0.15) is 5.56 Å². The zero-order chi connectivity index (χ0) is 14.9. The maximum absolute atomic E-state index is 11.9. The number of para-hydroxylation sites is 1. The molecule has 0 aliphatic carbocycles. The molecule has 21 heavy (non-hydrogen) atoms. The highest BCUT2D eigenvalue weighted by Crippen LogP contribution is 2.05. The summed E-state index contributed by atoms with van der Waals surface area (Å²) in [5.41, 5.74) is 4.10. The monoisotopic (exact) mass is 275 g/mol. The lowest BCUT2D eigenvalue weighted by Gasteiger charge is -1.99. The summed E-state index contributed by atoms with van der Waals surface area (Å²) in [6.07, 6.45) is 2.99. The van der Waals surface area contributed by atoms with Crippen molar-refractivity contribution in [3.63, 3.8) is 0 Å². The molecular formula is C17H13N3O. The molecule has 0 spiro atoms. The minimum absolute atomic E-state index is 0.189. The smallest absolute Gasteiger partial charge is 0.216 e. The predicted octanol–water partition coefficient (Wildman–Crippen LogP) is 3.26. The number of rotatable bonds is 5. The summed E-state index contributed by atoms with van der Waals surface area (Å²) in [5, 5.41) is 12.8. The zero-order valence-electron chi connectivity index (χ0n) is 11.2. The number of anilines is 1. The SMILES string of the molecule is N#CC(=NNc1ccccc1)C(=O)C=Cc1ccccc1. The normalized spacial score (nSPS) is 11.1. The Bertz CT molecular complexity index is 698. The Kier molecular flexibility index (Phi) is 5.02. The molecule has 4 nitrogen and oxygen atoms in total. The number of carbonyl (C=O) groups excluding carboxylic acids is 1. The number of nitriles is 1. The number of ketones is 1. The van der Waals surface area contributed by atoms with Gasteiger partial charge >= 0.3 is 0 Å². The summed E-state index contributed by atoms with van der Waals surface area (Å²) in [5.74, 6) is -0.440. The van der Waals surface area contributed by atoms with E-state index in [2.05, 4.69) is 10.5 Å². The Hall–Kier alpha value is -3.19. The number of hydrogen-bond acceptors (Lipinski definition) is 4. The van der Waals surface area contributed by atoms with Gasteiger partial charge in [0.05, 0.1) is 5.69 Å². The van der Waals surface area contributed by atoms with Crippen LogP contribution in [0.4, 0.5) is 5.69 Å². The van der Waals surface area contributed by atoms with Crippen LogP contribution in [0, 0.1) is 11.3 Å². The van der Waals surface area contributed by atoms with Crippen molar-refractivity contribution in [2.24, 2.45) is 5.10 Å². The van der Waals surface area contributed by atoms with Crippen molar-refractivity contribution in [3.8, 4) is 6.07 Å². The molecule has 0 radical (unpaired) electrons. The van der Waals surface area contributed by atoms with Crippen LogP contribution in [0.15, 0.2) is 71.8 Å². The number of carbonyl (C=O) groups is 1. The van der Waals surface area contributed by atoms with E-state index >= 15 is 0 Å². The van der Waals surface area contributed by atoms with Crippen LogP contribution in [0.2, 0.25) is 0 Å². The van der Waals surface area contributed by atoms with Gasteiger partial charge in [-0.05, 0) is 23.8 Å². The highest BCUT2D eigenvalue weighted by molar-refractivity contribution is 6.50. The van der Waals surface area contributed by atoms with E-state index in [9.17, 15) is 4.79 Å². The summed E-state index contributed by atoms with van der Waals surface area (Å²) >= 11 is 0. The first-order valence-electron chi connectivity index (χ1n) is 6.36. The lowest BCUT2D eigenvalue weighted by molar-refractivity contribution is -0.108. The number of hydrogen-bond donors (Lipinski definition) is 1. The molecular weight excluding hydrogens is 262 g/mol. The molecule has 102 valence electrons. The van der Waals surface area contributed by atoms with Crippen LogP contribution in [0.25, 0.3) is 6.08 Å². The number of benzene rings is 2. The molecule has 0 aliphatic heterocycles. The fourth-order valence-corrected chi connectivity index (χ4v) is 1.58. The van der Waals surface area contributed by atoms with E-state index in [1.807, 2.05) is 48.5 Å². The van der Waals surface area contributed by atoms with Gasteiger partial charge < -0.3 is 0 Å². The minimum atomic E-state index is -0.440.